The van der Waals surface area contributed by atoms with Gasteiger partial charge in [-0.2, -0.15) is 0 Å². The Bertz CT molecular complexity index is 566. The second kappa shape index (κ2) is 6.87. The van der Waals surface area contributed by atoms with Gasteiger partial charge in [0.2, 0.25) is 0 Å². The highest BCUT2D eigenvalue weighted by Crippen LogP contribution is 2.38. The third kappa shape index (κ3) is 3.38. The molecule has 0 bridgehead atoms. The van der Waals surface area contributed by atoms with Crippen LogP contribution in [0.25, 0.3) is 0 Å². The smallest absolute Gasteiger partial charge is 0.123 e. The normalized spacial score (nSPS) is 16.3. The van der Waals surface area contributed by atoms with Crippen molar-refractivity contribution in [3.05, 3.63) is 70.0 Å². The Hall–Kier alpha value is -1.38. The molecule has 106 valence electrons. The van der Waals surface area contributed by atoms with E-state index in [2.05, 4.69) is 6.07 Å². The van der Waals surface area contributed by atoms with E-state index in [1.54, 1.807) is 6.92 Å². The zero-order valence-electron chi connectivity index (χ0n) is 11.4. The molecule has 0 saturated carbocycles. The van der Waals surface area contributed by atoms with Crippen molar-refractivity contribution in [3.8, 4) is 0 Å². The average molecular weight is 293 g/mol. The molecule has 20 heavy (non-hydrogen) atoms. The van der Waals surface area contributed by atoms with E-state index in [0.717, 1.165) is 17.9 Å². The standard InChI is InChI=1S/C15H12ClF.C2H6O/c16-12-4-8-15-11(9-12)3-7-14(15)10-1-5-13(17)6-2-10;1-2-3/h1-2,4-6,8-9,14H,3,7H2;3H,2H2,1H3. The van der Waals surface area contributed by atoms with Crippen molar-refractivity contribution in [2.75, 3.05) is 6.61 Å². The highest BCUT2D eigenvalue weighted by Gasteiger charge is 2.23. The molecule has 2 aromatic rings. The van der Waals surface area contributed by atoms with E-state index in [9.17, 15) is 4.39 Å². The van der Waals surface area contributed by atoms with Crippen LogP contribution in [0.5, 0.6) is 0 Å². The average Bonchev–Trinajstić information content (AvgIpc) is 2.83. The fourth-order valence-electron chi connectivity index (χ4n) is 2.63. The van der Waals surface area contributed by atoms with Crippen LogP contribution in [0.3, 0.4) is 0 Å². The quantitative estimate of drug-likeness (QED) is 0.817. The van der Waals surface area contributed by atoms with Crippen molar-refractivity contribution in [1.29, 1.82) is 0 Å². The number of rotatable bonds is 1. The second-order valence-corrected chi connectivity index (χ2v) is 5.24. The molecule has 0 amide bonds. The molecule has 0 aromatic heterocycles. The molecule has 0 radical (unpaired) electrons. The van der Waals surface area contributed by atoms with Crippen LogP contribution in [0.15, 0.2) is 42.5 Å². The molecule has 0 aliphatic heterocycles. The highest BCUT2D eigenvalue weighted by atomic mass is 35.5. The Balaban J connectivity index is 0.000000452. The minimum atomic E-state index is -0.178. The monoisotopic (exact) mass is 292 g/mol. The van der Waals surface area contributed by atoms with Gasteiger partial charge in [-0.25, -0.2) is 4.39 Å². The lowest BCUT2D eigenvalue weighted by molar-refractivity contribution is 0.318. The van der Waals surface area contributed by atoms with Gasteiger partial charge in [0, 0.05) is 17.5 Å². The van der Waals surface area contributed by atoms with Crippen molar-refractivity contribution in [3.63, 3.8) is 0 Å². The predicted molar refractivity (Wildman–Crippen MR) is 80.8 cm³/mol. The fourth-order valence-corrected chi connectivity index (χ4v) is 2.82. The summed E-state index contributed by atoms with van der Waals surface area (Å²) in [6.45, 7) is 1.93. The Morgan fingerprint density at radius 1 is 1.20 bits per heavy atom. The minimum Gasteiger partial charge on any atom is -0.397 e. The molecule has 2 aromatic carbocycles. The highest BCUT2D eigenvalue weighted by molar-refractivity contribution is 6.30. The van der Waals surface area contributed by atoms with Gasteiger partial charge in [-0.3, -0.25) is 0 Å². The maximum atomic E-state index is 12.9. The molecule has 1 nitrogen and oxygen atoms in total. The van der Waals surface area contributed by atoms with E-state index < -0.39 is 0 Å². The van der Waals surface area contributed by atoms with E-state index in [-0.39, 0.29) is 12.4 Å². The maximum absolute atomic E-state index is 12.9. The van der Waals surface area contributed by atoms with Crippen LogP contribution < -0.4 is 0 Å². The van der Waals surface area contributed by atoms with Gasteiger partial charge in [0.15, 0.2) is 0 Å². The summed E-state index contributed by atoms with van der Waals surface area (Å²) < 4.78 is 12.9. The first-order valence-electron chi connectivity index (χ1n) is 6.80. The molecule has 3 rings (SSSR count). The largest absolute Gasteiger partial charge is 0.397 e. The van der Waals surface area contributed by atoms with Gasteiger partial charge in [0.25, 0.3) is 0 Å². The molecule has 1 aliphatic carbocycles. The molecular weight excluding hydrogens is 275 g/mol. The number of aliphatic hydroxyl groups excluding tert-OH is 1. The lowest BCUT2D eigenvalue weighted by Gasteiger charge is -2.12. The van der Waals surface area contributed by atoms with Crippen molar-refractivity contribution in [2.45, 2.75) is 25.7 Å². The van der Waals surface area contributed by atoms with Gasteiger partial charge >= 0.3 is 0 Å². The number of fused-ring (bicyclic) bond motifs is 1. The van der Waals surface area contributed by atoms with Gasteiger partial charge in [-0.05, 0) is 60.7 Å². The van der Waals surface area contributed by atoms with Crippen LogP contribution in [0.4, 0.5) is 4.39 Å². The number of halogens is 2. The molecule has 1 unspecified atom stereocenters. The SMILES string of the molecule is CCO.Fc1ccc(C2CCc3cc(Cl)ccc32)cc1. The molecule has 1 aliphatic rings. The van der Waals surface area contributed by atoms with Crippen LogP contribution >= 0.6 is 11.6 Å². The van der Waals surface area contributed by atoms with Crippen LogP contribution in [-0.4, -0.2) is 11.7 Å². The summed E-state index contributed by atoms with van der Waals surface area (Å²) in [5.74, 6) is 0.214. The number of benzene rings is 2. The molecule has 0 spiro atoms. The molecule has 3 heteroatoms. The van der Waals surface area contributed by atoms with E-state index in [0.29, 0.717) is 5.92 Å². The van der Waals surface area contributed by atoms with Gasteiger partial charge in [0.05, 0.1) is 0 Å². The third-order valence-electron chi connectivity index (χ3n) is 3.46. The van der Waals surface area contributed by atoms with Gasteiger partial charge in [0.1, 0.15) is 5.82 Å². The summed E-state index contributed by atoms with van der Waals surface area (Å²) >= 11 is 5.99. The Kier molecular flexibility index (Phi) is 5.16. The van der Waals surface area contributed by atoms with Crippen molar-refractivity contribution >= 4 is 11.6 Å². The number of hydrogen-bond acceptors (Lipinski definition) is 1. The molecule has 1 atom stereocenters. The summed E-state index contributed by atoms with van der Waals surface area (Å²) in [4.78, 5) is 0. The van der Waals surface area contributed by atoms with Gasteiger partial charge in [-0.1, -0.05) is 29.8 Å². The van der Waals surface area contributed by atoms with Crippen LogP contribution in [0.1, 0.15) is 36.0 Å². The van der Waals surface area contributed by atoms with Crippen LogP contribution in [0, 0.1) is 5.82 Å². The first-order chi connectivity index (χ1) is 9.65. The van der Waals surface area contributed by atoms with Crippen LogP contribution in [0.2, 0.25) is 5.02 Å². The zero-order valence-corrected chi connectivity index (χ0v) is 12.2. The Morgan fingerprint density at radius 3 is 2.50 bits per heavy atom. The summed E-state index contributed by atoms with van der Waals surface area (Å²) in [5.41, 5.74) is 3.85. The van der Waals surface area contributed by atoms with Crippen molar-refractivity contribution < 1.29 is 9.50 Å². The first kappa shape index (κ1) is 15.0. The van der Waals surface area contributed by atoms with E-state index in [1.165, 1.54) is 28.8 Å². The maximum Gasteiger partial charge on any atom is 0.123 e. The van der Waals surface area contributed by atoms with Gasteiger partial charge in [-0.15, -0.1) is 0 Å². The number of hydrogen-bond donors (Lipinski definition) is 1. The lowest BCUT2D eigenvalue weighted by Crippen LogP contribution is -1.95. The Labute approximate surface area is 124 Å². The van der Waals surface area contributed by atoms with Crippen LogP contribution in [-0.2, 0) is 6.42 Å². The third-order valence-corrected chi connectivity index (χ3v) is 3.69. The Morgan fingerprint density at radius 2 is 1.85 bits per heavy atom. The topological polar surface area (TPSA) is 20.2 Å². The number of aliphatic hydroxyl groups is 1. The minimum absolute atomic E-state index is 0.178. The molecular formula is C17H18ClFO. The summed E-state index contributed by atoms with van der Waals surface area (Å²) in [6.07, 6.45) is 2.14. The van der Waals surface area contributed by atoms with E-state index in [1.807, 2.05) is 24.3 Å². The lowest BCUT2D eigenvalue weighted by atomic mass is 9.93. The second-order valence-electron chi connectivity index (χ2n) is 4.80. The summed E-state index contributed by atoms with van der Waals surface area (Å²) in [5, 5.41) is 8.36. The van der Waals surface area contributed by atoms with Crippen molar-refractivity contribution in [1.82, 2.24) is 0 Å². The van der Waals surface area contributed by atoms with E-state index in [4.69, 9.17) is 16.7 Å². The number of aryl methyl sites for hydroxylation is 1. The predicted octanol–water partition coefficient (Wildman–Crippen LogP) is 4.56. The van der Waals surface area contributed by atoms with Gasteiger partial charge < -0.3 is 5.11 Å². The molecule has 0 heterocycles. The summed E-state index contributed by atoms with van der Waals surface area (Å²) in [7, 11) is 0. The fraction of sp³-hybridized carbons (Fsp3) is 0.294. The molecule has 0 fully saturated rings. The first-order valence-corrected chi connectivity index (χ1v) is 7.18. The van der Waals surface area contributed by atoms with E-state index >= 15 is 0 Å². The zero-order chi connectivity index (χ0) is 14.5. The van der Waals surface area contributed by atoms with Crippen molar-refractivity contribution in [2.24, 2.45) is 0 Å². The molecule has 0 saturated heterocycles. The summed E-state index contributed by atoms with van der Waals surface area (Å²) in [6, 6.07) is 12.9. The molecule has 1 N–H and O–H groups in total.